The molecule has 0 bridgehead atoms. The van der Waals surface area contributed by atoms with Gasteiger partial charge >= 0.3 is 0 Å². The standard InChI is InChI=1S/C19H17N3O2S/c1-12(23)16-7-8-17(25-16)19(24)22-10-9-15-14(11-22)18(21-20-15)13-5-3-2-4-6-13/h2-8H,9-11H2,1H3,(H,20,21). The summed E-state index contributed by atoms with van der Waals surface area (Å²) in [6, 6.07) is 13.5. The molecule has 25 heavy (non-hydrogen) atoms. The van der Waals surface area contributed by atoms with E-state index in [1.54, 1.807) is 12.1 Å². The molecule has 3 heterocycles. The van der Waals surface area contributed by atoms with Gasteiger partial charge in [0.15, 0.2) is 5.78 Å². The van der Waals surface area contributed by atoms with Gasteiger partial charge in [0.05, 0.1) is 15.4 Å². The molecule has 6 heteroatoms. The second-order valence-electron chi connectivity index (χ2n) is 6.09. The first-order chi connectivity index (χ1) is 12.1. The summed E-state index contributed by atoms with van der Waals surface area (Å²) in [5, 5.41) is 7.57. The van der Waals surface area contributed by atoms with Gasteiger partial charge < -0.3 is 4.90 Å². The third kappa shape index (κ3) is 2.89. The Morgan fingerprint density at radius 3 is 2.60 bits per heavy atom. The number of nitrogens with one attached hydrogen (secondary N) is 1. The highest BCUT2D eigenvalue weighted by molar-refractivity contribution is 7.15. The number of aromatic amines is 1. The summed E-state index contributed by atoms with van der Waals surface area (Å²) in [4.78, 5) is 27.3. The van der Waals surface area contributed by atoms with Gasteiger partial charge in [-0.1, -0.05) is 30.3 Å². The number of H-pyrrole nitrogens is 1. The van der Waals surface area contributed by atoms with Gasteiger partial charge in [-0.15, -0.1) is 11.3 Å². The lowest BCUT2D eigenvalue weighted by Gasteiger charge is -2.26. The molecule has 1 aromatic carbocycles. The maximum Gasteiger partial charge on any atom is 0.264 e. The van der Waals surface area contributed by atoms with E-state index in [9.17, 15) is 9.59 Å². The summed E-state index contributed by atoms with van der Waals surface area (Å²) >= 11 is 1.26. The van der Waals surface area contributed by atoms with Crippen molar-refractivity contribution in [3.8, 4) is 11.3 Å². The molecule has 5 nitrogen and oxygen atoms in total. The summed E-state index contributed by atoms with van der Waals surface area (Å²) < 4.78 is 0. The van der Waals surface area contributed by atoms with Crippen LogP contribution in [0.5, 0.6) is 0 Å². The molecule has 0 spiro atoms. The molecule has 0 saturated heterocycles. The van der Waals surface area contributed by atoms with E-state index in [0.29, 0.717) is 22.8 Å². The number of rotatable bonds is 3. The SMILES string of the molecule is CC(=O)c1ccc(C(=O)N2CCc3[nH]nc(-c4ccccc4)c3C2)s1. The van der Waals surface area contributed by atoms with Crippen molar-refractivity contribution >= 4 is 23.0 Å². The van der Waals surface area contributed by atoms with Crippen molar-refractivity contribution in [2.75, 3.05) is 6.54 Å². The van der Waals surface area contributed by atoms with Crippen molar-refractivity contribution < 1.29 is 9.59 Å². The molecule has 0 aliphatic carbocycles. The zero-order valence-electron chi connectivity index (χ0n) is 13.8. The average molecular weight is 351 g/mol. The molecule has 3 aromatic rings. The molecule has 0 radical (unpaired) electrons. The van der Waals surface area contributed by atoms with Crippen LogP contribution >= 0.6 is 11.3 Å². The molecular formula is C19H17N3O2S. The second-order valence-corrected chi connectivity index (χ2v) is 7.18. The first kappa shape index (κ1) is 15.8. The number of benzene rings is 1. The maximum absolute atomic E-state index is 12.8. The number of thiophene rings is 1. The lowest BCUT2D eigenvalue weighted by atomic mass is 10.0. The van der Waals surface area contributed by atoms with Crippen molar-refractivity contribution in [1.82, 2.24) is 15.1 Å². The van der Waals surface area contributed by atoms with Gasteiger partial charge in [0.25, 0.3) is 5.91 Å². The Hall–Kier alpha value is -2.73. The van der Waals surface area contributed by atoms with Crippen LogP contribution in [0.3, 0.4) is 0 Å². The molecule has 1 aliphatic rings. The number of nitrogens with zero attached hydrogens (tertiary/aromatic N) is 2. The minimum atomic E-state index is -0.0247. The largest absolute Gasteiger partial charge is 0.333 e. The highest BCUT2D eigenvalue weighted by Crippen LogP contribution is 2.29. The fourth-order valence-electron chi connectivity index (χ4n) is 3.10. The normalized spacial score (nSPS) is 13.6. The van der Waals surface area contributed by atoms with Gasteiger partial charge in [0.2, 0.25) is 0 Å². The lowest BCUT2D eigenvalue weighted by molar-refractivity contribution is 0.0739. The van der Waals surface area contributed by atoms with Gasteiger partial charge in [-0.2, -0.15) is 5.10 Å². The first-order valence-corrected chi connectivity index (χ1v) is 8.96. The summed E-state index contributed by atoms with van der Waals surface area (Å²) in [7, 11) is 0. The van der Waals surface area contributed by atoms with Crippen LogP contribution in [0.2, 0.25) is 0 Å². The third-order valence-electron chi connectivity index (χ3n) is 4.43. The van der Waals surface area contributed by atoms with Crippen LogP contribution in [0, 0.1) is 0 Å². The van der Waals surface area contributed by atoms with Crippen molar-refractivity contribution in [3.05, 3.63) is 63.5 Å². The van der Waals surface area contributed by atoms with E-state index in [-0.39, 0.29) is 11.7 Å². The third-order valence-corrected chi connectivity index (χ3v) is 5.61. The van der Waals surface area contributed by atoms with Crippen molar-refractivity contribution in [1.29, 1.82) is 0 Å². The van der Waals surface area contributed by atoms with Crippen LogP contribution in [-0.2, 0) is 13.0 Å². The minimum absolute atomic E-state index is 0.00817. The molecular weight excluding hydrogens is 334 g/mol. The molecule has 1 amide bonds. The number of amides is 1. The van der Waals surface area contributed by atoms with Gasteiger partial charge in [-0.3, -0.25) is 14.7 Å². The number of aromatic nitrogens is 2. The molecule has 126 valence electrons. The molecule has 0 atom stereocenters. The van der Waals surface area contributed by atoms with E-state index in [2.05, 4.69) is 10.2 Å². The summed E-state index contributed by atoms with van der Waals surface area (Å²) in [5.74, 6) is -0.0328. The summed E-state index contributed by atoms with van der Waals surface area (Å²) in [5.41, 5.74) is 4.13. The van der Waals surface area contributed by atoms with Crippen molar-refractivity contribution in [2.24, 2.45) is 0 Å². The maximum atomic E-state index is 12.8. The molecule has 1 N–H and O–H groups in total. The smallest absolute Gasteiger partial charge is 0.264 e. The topological polar surface area (TPSA) is 66.1 Å². The zero-order valence-corrected chi connectivity index (χ0v) is 14.6. The van der Waals surface area contributed by atoms with E-state index in [0.717, 1.165) is 28.9 Å². The first-order valence-electron chi connectivity index (χ1n) is 8.15. The Morgan fingerprint density at radius 1 is 1.12 bits per heavy atom. The number of fused-ring (bicyclic) bond motifs is 1. The van der Waals surface area contributed by atoms with Gasteiger partial charge in [0.1, 0.15) is 0 Å². The molecule has 1 aliphatic heterocycles. The molecule has 0 saturated carbocycles. The van der Waals surface area contributed by atoms with E-state index < -0.39 is 0 Å². The molecule has 0 fully saturated rings. The monoisotopic (exact) mass is 351 g/mol. The van der Waals surface area contributed by atoms with Crippen molar-refractivity contribution in [2.45, 2.75) is 19.9 Å². The Balaban J connectivity index is 1.61. The fourth-order valence-corrected chi connectivity index (χ4v) is 3.97. The van der Waals surface area contributed by atoms with Crippen LogP contribution in [0.25, 0.3) is 11.3 Å². The fraction of sp³-hybridized carbons (Fsp3) is 0.211. The van der Waals surface area contributed by atoms with Crippen LogP contribution in [0.15, 0.2) is 42.5 Å². The number of hydrogen-bond donors (Lipinski definition) is 1. The number of hydrogen-bond acceptors (Lipinski definition) is 4. The van der Waals surface area contributed by atoms with E-state index in [1.807, 2.05) is 35.2 Å². The van der Waals surface area contributed by atoms with E-state index in [1.165, 1.54) is 18.3 Å². The zero-order chi connectivity index (χ0) is 17.4. The van der Waals surface area contributed by atoms with Crippen LogP contribution in [-0.4, -0.2) is 33.3 Å². The van der Waals surface area contributed by atoms with E-state index in [4.69, 9.17) is 0 Å². The predicted molar refractivity (Wildman–Crippen MR) is 96.8 cm³/mol. The molecule has 4 rings (SSSR count). The van der Waals surface area contributed by atoms with Crippen LogP contribution in [0.4, 0.5) is 0 Å². The number of ketones is 1. The summed E-state index contributed by atoms with van der Waals surface area (Å²) in [6.45, 7) is 2.70. The van der Waals surface area contributed by atoms with Gasteiger partial charge in [0, 0.05) is 36.3 Å². The Bertz CT molecular complexity index is 943. The predicted octanol–water partition coefficient (Wildman–Crippen LogP) is 3.54. The van der Waals surface area contributed by atoms with E-state index >= 15 is 0 Å². The quantitative estimate of drug-likeness (QED) is 0.734. The second kappa shape index (κ2) is 6.29. The van der Waals surface area contributed by atoms with Crippen molar-refractivity contribution in [3.63, 3.8) is 0 Å². The number of carbonyl (C=O) groups excluding carboxylic acids is 2. The lowest BCUT2D eigenvalue weighted by Crippen LogP contribution is -2.35. The molecule has 2 aromatic heterocycles. The Labute approximate surface area is 149 Å². The van der Waals surface area contributed by atoms with Crippen LogP contribution < -0.4 is 0 Å². The Kier molecular flexibility index (Phi) is 3.97. The van der Waals surface area contributed by atoms with Gasteiger partial charge in [-0.05, 0) is 19.1 Å². The van der Waals surface area contributed by atoms with Crippen LogP contribution in [0.1, 0.15) is 37.5 Å². The minimum Gasteiger partial charge on any atom is -0.333 e. The molecule has 0 unspecified atom stereocenters. The summed E-state index contributed by atoms with van der Waals surface area (Å²) in [6.07, 6.45) is 0.756. The number of carbonyl (C=O) groups is 2. The number of Topliss-reactive ketones (excluding diaryl/α,β-unsaturated/α-hetero) is 1. The Morgan fingerprint density at radius 2 is 1.88 bits per heavy atom. The van der Waals surface area contributed by atoms with Gasteiger partial charge in [-0.25, -0.2) is 0 Å². The average Bonchev–Trinajstić information content (AvgIpc) is 3.28. The highest BCUT2D eigenvalue weighted by Gasteiger charge is 2.27. The highest BCUT2D eigenvalue weighted by atomic mass is 32.1.